The lowest BCUT2D eigenvalue weighted by atomic mass is 9.80. The molecule has 0 saturated heterocycles. The topological polar surface area (TPSA) is 88.1 Å². The second kappa shape index (κ2) is 16.7. The minimum Gasteiger partial charge on any atom is -0.423 e. The molecule has 0 amide bonds. The Morgan fingerprint density at radius 2 is 1.45 bits per heavy atom. The fourth-order valence-electron chi connectivity index (χ4n) is 5.08. The van der Waals surface area contributed by atoms with Crippen LogP contribution >= 0.6 is 0 Å². The van der Waals surface area contributed by atoms with Crippen molar-refractivity contribution in [3.8, 4) is 28.4 Å². The maximum Gasteiger partial charge on any atom is 0.341 e. The fraction of sp³-hybridized carbons (Fsp3) is 0.457. The average molecular weight is 577 g/mol. The van der Waals surface area contributed by atoms with Crippen molar-refractivity contribution in [2.45, 2.75) is 78.1 Å². The molecule has 2 aromatic rings. The van der Waals surface area contributed by atoms with E-state index in [4.69, 9.17) is 18.9 Å². The van der Waals surface area contributed by atoms with E-state index in [9.17, 15) is 14.4 Å². The van der Waals surface area contributed by atoms with Crippen LogP contribution in [-0.4, -0.2) is 31.6 Å². The van der Waals surface area contributed by atoms with Crippen molar-refractivity contribution in [3.05, 3.63) is 66.8 Å². The zero-order valence-electron chi connectivity index (χ0n) is 25.2. The zero-order chi connectivity index (χ0) is 30.5. The smallest absolute Gasteiger partial charge is 0.341 e. The first kappa shape index (κ1) is 32.8. The van der Waals surface area contributed by atoms with Gasteiger partial charge < -0.3 is 18.9 Å². The number of esters is 3. The normalized spacial score (nSPS) is 16.4. The van der Waals surface area contributed by atoms with Crippen molar-refractivity contribution in [1.29, 1.82) is 0 Å². The SMILES string of the molecule is C=C(C)C(=O)Oc1ccc(-c2ccc(OC(=O)C(=C)COC)cc2)cc1OC(=O)C1CCC(CCCCCCC)CC1. The lowest BCUT2D eigenvalue weighted by Crippen LogP contribution is -2.26. The predicted octanol–water partition coefficient (Wildman–Crippen LogP) is 8.02. The Bertz CT molecular complexity index is 1240. The Morgan fingerprint density at radius 1 is 0.786 bits per heavy atom. The van der Waals surface area contributed by atoms with Gasteiger partial charge in [0.15, 0.2) is 11.5 Å². The lowest BCUT2D eigenvalue weighted by Gasteiger charge is -2.27. The molecule has 7 nitrogen and oxygen atoms in total. The molecule has 1 saturated carbocycles. The predicted molar refractivity (Wildman–Crippen MR) is 163 cm³/mol. The van der Waals surface area contributed by atoms with E-state index in [1.807, 2.05) is 0 Å². The standard InChI is InChI=1S/C35H44O7/c1-6-7-8-9-10-11-26-12-14-28(15-13-26)35(38)42-32-22-29(18-21-31(32)41-33(36)24(2)3)27-16-19-30(20-17-27)40-34(37)25(4)23-39-5/h16-22,26,28H,2,4,6-15,23H2,1,3,5H3. The molecule has 0 N–H and O–H groups in total. The molecule has 0 radical (unpaired) electrons. The monoisotopic (exact) mass is 576 g/mol. The van der Waals surface area contributed by atoms with Crippen LogP contribution in [0, 0.1) is 11.8 Å². The molecule has 0 atom stereocenters. The van der Waals surface area contributed by atoms with E-state index in [-0.39, 0.29) is 41.1 Å². The molecule has 42 heavy (non-hydrogen) atoms. The maximum absolute atomic E-state index is 13.2. The van der Waals surface area contributed by atoms with Crippen LogP contribution in [0.3, 0.4) is 0 Å². The van der Waals surface area contributed by atoms with Crippen molar-refractivity contribution in [3.63, 3.8) is 0 Å². The zero-order valence-corrected chi connectivity index (χ0v) is 25.2. The molecule has 226 valence electrons. The Balaban J connectivity index is 1.69. The molecule has 1 fully saturated rings. The van der Waals surface area contributed by atoms with E-state index >= 15 is 0 Å². The van der Waals surface area contributed by atoms with Crippen LogP contribution in [0.2, 0.25) is 0 Å². The molecule has 0 spiro atoms. The summed E-state index contributed by atoms with van der Waals surface area (Å²) < 4.78 is 21.6. The molecular formula is C35H44O7. The molecule has 0 unspecified atom stereocenters. The van der Waals surface area contributed by atoms with Gasteiger partial charge in [-0.15, -0.1) is 0 Å². The summed E-state index contributed by atoms with van der Waals surface area (Å²) in [6.45, 7) is 11.2. The molecule has 7 heteroatoms. The second-order valence-electron chi connectivity index (χ2n) is 11.1. The van der Waals surface area contributed by atoms with Crippen LogP contribution in [0.1, 0.15) is 78.1 Å². The molecule has 2 aromatic carbocycles. The summed E-state index contributed by atoms with van der Waals surface area (Å²) in [6.07, 6.45) is 11.3. The number of unbranched alkanes of at least 4 members (excludes halogenated alkanes) is 4. The highest BCUT2D eigenvalue weighted by Crippen LogP contribution is 2.37. The Hall–Kier alpha value is -3.71. The van der Waals surface area contributed by atoms with Gasteiger partial charge in [0.1, 0.15) is 5.75 Å². The summed E-state index contributed by atoms with van der Waals surface area (Å²) in [4.78, 5) is 37.6. The van der Waals surface area contributed by atoms with E-state index in [0.29, 0.717) is 11.7 Å². The number of hydrogen-bond donors (Lipinski definition) is 0. The highest BCUT2D eigenvalue weighted by atomic mass is 16.6. The van der Waals surface area contributed by atoms with Crippen LogP contribution in [0.25, 0.3) is 11.1 Å². The van der Waals surface area contributed by atoms with E-state index in [1.54, 1.807) is 49.4 Å². The molecule has 0 bridgehead atoms. The summed E-state index contributed by atoms with van der Waals surface area (Å²) >= 11 is 0. The van der Waals surface area contributed by atoms with Gasteiger partial charge >= 0.3 is 17.9 Å². The largest absolute Gasteiger partial charge is 0.423 e. The van der Waals surface area contributed by atoms with Gasteiger partial charge in [-0.2, -0.15) is 0 Å². The minimum absolute atomic E-state index is 0.0846. The van der Waals surface area contributed by atoms with Crippen molar-refractivity contribution in [1.82, 2.24) is 0 Å². The van der Waals surface area contributed by atoms with Crippen molar-refractivity contribution >= 4 is 17.9 Å². The quantitative estimate of drug-likeness (QED) is 0.0918. The third-order valence-electron chi connectivity index (χ3n) is 7.61. The fourth-order valence-corrected chi connectivity index (χ4v) is 5.08. The van der Waals surface area contributed by atoms with Gasteiger partial charge in [-0.05, 0) is 73.9 Å². The summed E-state index contributed by atoms with van der Waals surface area (Å²) in [5.74, 6) is -0.289. The molecule has 0 aromatic heterocycles. The van der Waals surface area contributed by atoms with E-state index in [2.05, 4.69) is 20.1 Å². The van der Waals surface area contributed by atoms with Gasteiger partial charge in [0, 0.05) is 12.7 Å². The van der Waals surface area contributed by atoms with Gasteiger partial charge in [0.2, 0.25) is 0 Å². The Labute approximate surface area is 249 Å². The van der Waals surface area contributed by atoms with Crippen molar-refractivity contribution in [2.75, 3.05) is 13.7 Å². The first-order valence-electron chi connectivity index (χ1n) is 14.9. The molecular weight excluding hydrogens is 532 g/mol. The van der Waals surface area contributed by atoms with E-state index in [1.165, 1.54) is 45.6 Å². The average Bonchev–Trinajstić information content (AvgIpc) is 2.98. The molecule has 1 aliphatic carbocycles. The van der Waals surface area contributed by atoms with Crippen LogP contribution in [0.5, 0.6) is 17.2 Å². The number of ether oxygens (including phenoxy) is 4. The first-order chi connectivity index (χ1) is 20.2. The van der Waals surface area contributed by atoms with Crippen LogP contribution in [0.15, 0.2) is 66.8 Å². The summed E-state index contributed by atoms with van der Waals surface area (Å²) in [5, 5.41) is 0. The van der Waals surface area contributed by atoms with E-state index < -0.39 is 11.9 Å². The lowest BCUT2D eigenvalue weighted by molar-refractivity contribution is -0.141. The maximum atomic E-state index is 13.2. The third kappa shape index (κ3) is 9.98. The molecule has 1 aliphatic rings. The highest BCUT2D eigenvalue weighted by Gasteiger charge is 2.28. The molecule has 3 rings (SSSR count). The van der Waals surface area contributed by atoms with E-state index in [0.717, 1.165) is 36.8 Å². The highest BCUT2D eigenvalue weighted by molar-refractivity contribution is 5.90. The van der Waals surface area contributed by atoms with Gasteiger partial charge in [-0.25, -0.2) is 9.59 Å². The molecule has 0 heterocycles. The second-order valence-corrected chi connectivity index (χ2v) is 11.1. The minimum atomic E-state index is -0.597. The Kier molecular flexibility index (Phi) is 13.0. The number of methoxy groups -OCH3 is 1. The third-order valence-corrected chi connectivity index (χ3v) is 7.61. The van der Waals surface area contributed by atoms with Gasteiger partial charge in [0.25, 0.3) is 0 Å². The summed E-state index contributed by atoms with van der Waals surface area (Å²) in [6, 6.07) is 12.0. The van der Waals surface area contributed by atoms with Crippen LogP contribution in [-0.2, 0) is 19.1 Å². The Morgan fingerprint density at radius 3 is 2.10 bits per heavy atom. The number of carbonyl (C=O) groups is 3. The van der Waals surface area contributed by atoms with Crippen LogP contribution < -0.4 is 14.2 Å². The number of carbonyl (C=O) groups excluding carboxylic acids is 3. The van der Waals surface area contributed by atoms with Crippen LogP contribution in [0.4, 0.5) is 0 Å². The van der Waals surface area contributed by atoms with Gasteiger partial charge in [0.05, 0.1) is 18.1 Å². The number of benzene rings is 2. The molecule has 0 aliphatic heterocycles. The number of hydrogen-bond acceptors (Lipinski definition) is 7. The van der Waals surface area contributed by atoms with Gasteiger partial charge in [-0.1, -0.05) is 76.8 Å². The van der Waals surface area contributed by atoms with Crippen molar-refractivity contribution in [2.24, 2.45) is 11.8 Å². The summed E-state index contributed by atoms with van der Waals surface area (Å²) in [5.41, 5.74) is 1.98. The number of rotatable bonds is 15. The van der Waals surface area contributed by atoms with Crippen molar-refractivity contribution < 1.29 is 33.3 Å². The van der Waals surface area contributed by atoms with Gasteiger partial charge in [-0.3, -0.25) is 4.79 Å². The summed E-state index contributed by atoms with van der Waals surface area (Å²) in [7, 11) is 1.48. The first-order valence-corrected chi connectivity index (χ1v) is 14.9.